The SMILES string of the molecule is CC(=NOCc1ccc(CNCCC(=O)O)cc1)c1ccc(C2CCCCC2)c(C(F)(F)F)c1. The maximum atomic E-state index is 13.8. The third kappa shape index (κ3) is 7.58. The number of nitrogens with zero attached hydrogens (tertiary/aromatic N) is 1. The lowest BCUT2D eigenvalue weighted by Gasteiger charge is -2.25. The first-order chi connectivity index (χ1) is 16.2. The van der Waals surface area contributed by atoms with Crippen LogP contribution in [0.4, 0.5) is 13.2 Å². The minimum Gasteiger partial charge on any atom is -0.481 e. The zero-order chi connectivity index (χ0) is 24.6. The van der Waals surface area contributed by atoms with E-state index in [0.717, 1.165) is 43.2 Å². The second-order valence-corrected chi connectivity index (χ2v) is 8.72. The van der Waals surface area contributed by atoms with Gasteiger partial charge in [0, 0.05) is 13.1 Å². The predicted octanol–water partition coefficient (Wildman–Crippen LogP) is 6.26. The minimum atomic E-state index is -4.41. The number of carbonyl (C=O) groups is 1. The summed E-state index contributed by atoms with van der Waals surface area (Å²) in [4.78, 5) is 15.9. The molecule has 0 amide bonds. The van der Waals surface area contributed by atoms with Gasteiger partial charge in [0.2, 0.25) is 0 Å². The molecule has 5 nitrogen and oxygen atoms in total. The van der Waals surface area contributed by atoms with E-state index < -0.39 is 17.7 Å². The number of oxime groups is 1. The maximum absolute atomic E-state index is 13.8. The van der Waals surface area contributed by atoms with Gasteiger partial charge in [-0.15, -0.1) is 0 Å². The zero-order valence-corrected chi connectivity index (χ0v) is 19.3. The van der Waals surface area contributed by atoms with E-state index in [4.69, 9.17) is 9.94 Å². The Kier molecular flexibility index (Phi) is 9.10. The molecule has 0 unspecified atom stereocenters. The molecule has 1 aliphatic carbocycles. The fraction of sp³-hybridized carbons (Fsp3) is 0.462. The summed E-state index contributed by atoms with van der Waals surface area (Å²) in [5.41, 5.74) is 2.48. The number of rotatable bonds is 10. The van der Waals surface area contributed by atoms with Crippen molar-refractivity contribution in [3.63, 3.8) is 0 Å². The molecule has 0 saturated heterocycles. The molecule has 1 fully saturated rings. The van der Waals surface area contributed by atoms with Crippen LogP contribution in [0.1, 0.15) is 79.2 Å². The molecule has 1 saturated carbocycles. The van der Waals surface area contributed by atoms with Gasteiger partial charge in [0.05, 0.1) is 17.7 Å². The number of aliphatic carboxylic acids is 1. The lowest BCUT2D eigenvalue weighted by Crippen LogP contribution is -2.17. The minimum absolute atomic E-state index is 0.0386. The molecule has 3 rings (SSSR count). The fourth-order valence-corrected chi connectivity index (χ4v) is 4.23. The van der Waals surface area contributed by atoms with Crippen LogP contribution < -0.4 is 5.32 Å². The van der Waals surface area contributed by atoms with Gasteiger partial charge in [-0.05, 0) is 54.0 Å². The first kappa shape index (κ1) is 25.7. The van der Waals surface area contributed by atoms with Crippen LogP contribution in [0.3, 0.4) is 0 Å². The summed E-state index contributed by atoms with van der Waals surface area (Å²) in [6.07, 6.45) is 0.294. The van der Waals surface area contributed by atoms with Crippen LogP contribution >= 0.6 is 0 Å². The number of carboxylic acids is 1. The number of hydrogen-bond acceptors (Lipinski definition) is 4. The van der Waals surface area contributed by atoms with Crippen LogP contribution in [0.15, 0.2) is 47.6 Å². The summed E-state index contributed by atoms with van der Waals surface area (Å²) in [6.45, 7) is 2.79. The molecule has 0 aromatic heterocycles. The molecular formula is C26H31F3N2O3. The molecule has 2 aromatic carbocycles. The van der Waals surface area contributed by atoms with E-state index in [2.05, 4.69) is 10.5 Å². The van der Waals surface area contributed by atoms with Crippen LogP contribution in [0.5, 0.6) is 0 Å². The Morgan fingerprint density at radius 1 is 1.09 bits per heavy atom. The van der Waals surface area contributed by atoms with Crippen LogP contribution in [0.25, 0.3) is 0 Å². The monoisotopic (exact) mass is 476 g/mol. The van der Waals surface area contributed by atoms with Crippen molar-refractivity contribution in [2.45, 2.75) is 70.7 Å². The first-order valence-electron chi connectivity index (χ1n) is 11.6. The molecule has 1 aliphatic rings. The predicted molar refractivity (Wildman–Crippen MR) is 125 cm³/mol. The summed E-state index contributed by atoms with van der Waals surface area (Å²) in [6, 6.07) is 12.1. The Hall–Kier alpha value is -2.87. The van der Waals surface area contributed by atoms with Gasteiger partial charge in [-0.25, -0.2) is 0 Å². The quantitative estimate of drug-likeness (QED) is 0.241. The molecule has 0 aliphatic heterocycles. The van der Waals surface area contributed by atoms with Gasteiger partial charge in [-0.3, -0.25) is 4.79 Å². The van der Waals surface area contributed by atoms with Gasteiger partial charge in [-0.1, -0.05) is 60.8 Å². The molecule has 0 bridgehead atoms. The van der Waals surface area contributed by atoms with E-state index in [0.29, 0.717) is 29.9 Å². The number of carboxylic acid groups (broad SMARTS) is 1. The lowest BCUT2D eigenvalue weighted by atomic mass is 9.81. The van der Waals surface area contributed by atoms with Crippen molar-refractivity contribution >= 4 is 11.7 Å². The Labute approximate surface area is 198 Å². The van der Waals surface area contributed by atoms with E-state index >= 15 is 0 Å². The molecule has 0 radical (unpaired) electrons. The normalized spacial score (nSPS) is 15.4. The van der Waals surface area contributed by atoms with Gasteiger partial charge in [0.25, 0.3) is 0 Å². The van der Waals surface area contributed by atoms with Gasteiger partial charge in [-0.2, -0.15) is 13.2 Å². The summed E-state index contributed by atoms with van der Waals surface area (Å²) >= 11 is 0. The smallest absolute Gasteiger partial charge is 0.416 e. The molecule has 0 heterocycles. The molecule has 34 heavy (non-hydrogen) atoms. The van der Waals surface area contributed by atoms with Crippen LogP contribution in [-0.4, -0.2) is 23.3 Å². The Morgan fingerprint density at radius 2 is 1.76 bits per heavy atom. The molecule has 0 spiro atoms. The molecule has 2 N–H and O–H groups in total. The summed E-state index contributed by atoms with van der Waals surface area (Å²) in [5.74, 6) is -0.881. The third-order valence-corrected chi connectivity index (χ3v) is 6.12. The highest BCUT2D eigenvalue weighted by molar-refractivity contribution is 5.98. The Morgan fingerprint density at radius 3 is 2.41 bits per heavy atom. The number of halogens is 3. The van der Waals surface area contributed by atoms with Gasteiger partial charge in [0.1, 0.15) is 6.61 Å². The lowest BCUT2D eigenvalue weighted by molar-refractivity contribution is -0.138. The molecule has 2 aromatic rings. The zero-order valence-electron chi connectivity index (χ0n) is 19.3. The molecule has 8 heteroatoms. The summed E-state index contributed by atoms with van der Waals surface area (Å²) in [5, 5.41) is 15.7. The van der Waals surface area contributed by atoms with Crippen molar-refractivity contribution in [1.29, 1.82) is 0 Å². The van der Waals surface area contributed by atoms with Crippen molar-refractivity contribution in [2.75, 3.05) is 6.54 Å². The third-order valence-electron chi connectivity index (χ3n) is 6.12. The Balaban J connectivity index is 1.60. The number of hydrogen-bond donors (Lipinski definition) is 2. The topological polar surface area (TPSA) is 70.9 Å². The highest BCUT2D eigenvalue weighted by Crippen LogP contribution is 2.41. The number of alkyl halides is 3. The van der Waals surface area contributed by atoms with Gasteiger partial charge < -0.3 is 15.3 Å². The highest BCUT2D eigenvalue weighted by atomic mass is 19.4. The van der Waals surface area contributed by atoms with Gasteiger partial charge in [0.15, 0.2) is 0 Å². The average Bonchev–Trinajstić information content (AvgIpc) is 2.82. The van der Waals surface area contributed by atoms with Crippen molar-refractivity contribution in [2.24, 2.45) is 5.16 Å². The first-order valence-corrected chi connectivity index (χ1v) is 11.6. The van der Waals surface area contributed by atoms with Crippen LogP contribution in [0.2, 0.25) is 0 Å². The highest BCUT2D eigenvalue weighted by Gasteiger charge is 2.36. The molecule has 184 valence electrons. The number of nitrogens with one attached hydrogen (secondary N) is 1. The second kappa shape index (κ2) is 12.0. The largest absolute Gasteiger partial charge is 0.481 e. The fourth-order valence-electron chi connectivity index (χ4n) is 4.23. The van der Waals surface area contributed by atoms with Crippen molar-refractivity contribution in [1.82, 2.24) is 5.32 Å². The molecular weight excluding hydrogens is 445 g/mol. The van der Waals surface area contributed by atoms with E-state index in [1.165, 1.54) is 6.07 Å². The van der Waals surface area contributed by atoms with Gasteiger partial charge >= 0.3 is 12.1 Å². The van der Waals surface area contributed by atoms with E-state index in [1.54, 1.807) is 19.1 Å². The van der Waals surface area contributed by atoms with Crippen molar-refractivity contribution < 1.29 is 27.9 Å². The Bertz CT molecular complexity index is 982. The summed E-state index contributed by atoms with van der Waals surface area (Å²) < 4.78 is 41.4. The van der Waals surface area contributed by atoms with Crippen LogP contribution in [0, 0.1) is 0 Å². The standard InChI is InChI=1S/C26H31F3N2O3/c1-18(31-34-17-20-9-7-19(8-10-20)16-30-14-13-25(32)33)22-11-12-23(21-5-3-2-4-6-21)24(15-22)26(27,28)29/h7-12,15,21,30H,2-6,13-14,16-17H2,1H3,(H,32,33). The van der Waals surface area contributed by atoms with E-state index in [9.17, 15) is 18.0 Å². The van der Waals surface area contributed by atoms with E-state index in [-0.39, 0.29) is 18.9 Å². The number of benzene rings is 2. The van der Waals surface area contributed by atoms with Crippen molar-refractivity contribution in [3.05, 3.63) is 70.3 Å². The van der Waals surface area contributed by atoms with Crippen molar-refractivity contribution in [3.8, 4) is 0 Å². The maximum Gasteiger partial charge on any atom is 0.416 e. The van der Waals surface area contributed by atoms with E-state index in [1.807, 2.05) is 24.3 Å². The van der Waals surface area contributed by atoms with Crippen LogP contribution in [-0.2, 0) is 29.0 Å². The average molecular weight is 477 g/mol. The second-order valence-electron chi connectivity index (χ2n) is 8.72. The summed E-state index contributed by atoms with van der Waals surface area (Å²) in [7, 11) is 0. The molecule has 0 atom stereocenters.